The maximum absolute atomic E-state index is 13.8. The van der Waals surface area contributed by atoms with E-state index in [1.165, 1.54) is 24.6 Å². The van der Waals surface area contributed by atoms with Gasteiger partial charge in [-0.3, -0.25) is 0 Å². The van der Waals surface area contributed by atoms with Crippen molar-refractivity contribution in [2.75, 3.05) is 5.32 Å². The highest BCUT2D eigenvalue weighted by atomic mass is 19.1. The number of halogens is 1. The number of nitrogens with one attached hydrogen (secondary N) is 1. The van der Waals surface area contributed by atoms with Crippen molar-refractivity contribution in [1.82, 2.24) is 0 Å². The number of hydrogen-bond acceptors (Lipinski definition) is 2. The summed E-state index contributed by atoms with van der Waals surface area (Å²) in [5, 5.41) is 12.2. The van der Waals surface area contributed by atoms with E-state index in [0.29, 0.717) is 5.92 Å². The number of carboxylic acid groups (broad SMARTS) is 1. The lowest BCUT2D eigenvalue weighted by Gasteiger charge is -2.30. The minimum atomic E-state index is -1.10. The van der Waals surface area contributed by atoms with Crippen molar-refractivity contribution in [3.8, 4) is 0 Å². The van der Waals surface area contributed by atoms with Gasteiger partial charge in [-0.1, -0.05) is 25.8 Å². The molecule has 0 heterocycles. The molecule has 98 valence electrons. The molecule has 0 aliphatic heterocycles. The fourth-order valence-electron chi connectivity index (χ4n) is 2.57. The average Bonchev–Trinajstić information content (AvgIpc) is 2.34. The number of carboxylic acids is 1. The van der Waals surface area contributed by atoms with Crippen LogP contribution in [0.1, 0.15) is 43.0 Å². The van der Waals surface area contributed by atoms with Crippen LogP contribution in [0.25, 0.3) is 0 Å². The van der Waals surface area contributed by atoms with Crippen LogP contribution in [0.4, 0.5) is 10.1 Å². The Kier molecular flexibility index (Phi) is 3.84. The largest absolute Gasteiger partial charge is 0.478 e. The summed E-state index contributed by atoms with van der Waals surface area (Å²) in [4.78, 5) is 11.1. The molecular formula is C14H18FNO2. The number of benzene rings is 1. The van der Waals surface area contributed by atoms with Gasteiger partial charge in [0.25, 0.3) is 0 Å². The summed E-state index contributed by atoms with van der Waals surface area (Å²) >= 11 is 0. The maximum Gasteiger partial charge on any atom is 0.337 e. The van der Waals surface area contributed by atoms with Crippen LogP contribution < -0.4 is 5.32 Å². The SMILES string of the molecule is CC1CCCCC1Nc1c(F)cccc1C(=O)O. The van der Waals surface area contributed by atoms with Gasteiger partial charge >= 0.3 is 5.97 Å². The van der Waals surface area contributed by atoms with Crippen LogP contribution in [0.2, 0.25) is 0 Å². The van der Waals surface area contributed by atoms with Crippen LogP contribution in [0.3, 0.4) is 0 Å². The second kappa shape index (κ2) is 5.38. The molecule has 0 spiro atoms. The van der Waals surface area contributed by atoms with Crippen LogP contribution >= 0.6 is 0 Å². The Bertz CT molecular complexity index is 447. The van der Waals surface area contributed by atoms with Gasteiger partial charge in [0.15, 0.2) is 0 Å². The molecule has 1 fully saturated rings. The summed E-state index contributed by atoms with van der Waals surface area (Å²) in [7, 11) is 0. The predicted octanol–water partition coefficient (Wildman–Crippen LogP) is 3.51. The molecule has 2 N–H and O–H groups in total. The van der Waals surface area contributed by atoms with Gasteiger partial charge in [-0.2, -0.15) is 0 Å². The second-order valence-electron chi connectivity index (χ2n) is 4.98. The van der Waals surface area contributed by atoms with Crippen LogP contribution in [0.5, 0.6) is 0 Å². The van der Waals surface area contributed by atoms with E-state index in [9.17, 15) is 9.18 Å². The van der Waals surface area contributed by atoms with Crippen LogP contribution in [-0.4, -0.2) is 17.1 Å². The van der Waals surface area contributed by atoms with Crippen molar-refractivity contribution in [1.29, 1.82) is 0 Å². The monoisotopic (exact) mass is 251 g/mol. The van der Waals surface area contributed by atoms with Crippen molar-refractivity contribution < 1.29 is 14.3 Å². The first kappa shape index (κ1) is 12.9. The normalized spacial score (nSPS) is 23.7. The molecule has 3 nitrogen and oxygen atoms in total. The van der Waals surface area contributed by atoms with E-state index in [0.717, 1.165) is 19.3 Å². The quantitative estimate of drug-likeness (QED) is 0.864. The molecule has 18 heavy (non-hydrogen) atoms. The zero-order valence-corrected chi connectivity index (χ0v) is 10.4. The number of anilines is 1. The molecule has 0 bridgehead atoms. The molecule has 1 aliphatic rings. The third-order valence-electron chi connectivity index (χ3n) is 3.69. The van der Waals surface area contributed by atoms with Crippen molar-refractivity contribution >= 4 is 11.7 Å². The minimum Gasteiger partial charge on any atom is -0.478 e. The van der Waals surface area contributed by atoms with E-state index >= 15 is 0 Å². The van der Waals surface area contributed by atoms with Crippen LogP contribution in [0, 0.1) is 11.7 Å². The Morgan fingerprint density at radius 3 is 2.78 bits per heavy atom. The molecule has 4 heteroatoms. The van der Waals surface area contributed by atoms with E-state index in [1.807, 2.05) is 0 Å². The maximum atomic E-state index is 13.8. The van der Waals surface area contributed by atoms with Gasteiger partial charge < -0.3 is 10.4 Å². The topological polar surface area (TPSA) is 49.3 Å². The number of para-hydroxylation sites is 1. The number of hydrogen-bond donors (Lipinski definition) is 2. The lowest BCUT2D eigenvalue weighted by atomic mass is 9.85. The summed E-state index contributed by atoms with van der Waals surface area (Å²) in [6, 6.07) is 4.31. The molecule has 2 atom stereocenters. The van der Waals surface area contributed by atoms with Crippen LogP contribution in [0.15, 0.2) is 18.2 Å². The summed E-state index contributed by atoms with van der Waals surface area (Å²) < 4.78 is 13.8. The molecule has 1 aromatic carbocycles. The van der Waals surface area contributed by atoms with Crippen molar-refractivity contribution in [2.24, 2.45) is 5.92 Å². The van der Waals surface area contributed by atoms with E-state index in [-0.39, 0.29) is 17.3 Å². The van der Waals surface area contributed by atoms with Crippen molar-refractivity contribution in [3.05, 3.63) is 29.6 Å². The number of carbonyl (C=O) groups is 1. The molecule has 2 unspecified atom stereocenters. The summed E-state index contributed by atoms with van der Waals surface area (Å²) in [6.45, 7) is 2.12. The third kappa shape index (κ3) is 2.63. The molecule has 1 aliphatic carbocycles. The summed E-state index contributed by atoms with van der Waals surface area (Å²) in [6.07, 6.45) is 4.38. The van der Waals surface area contributed by atoms with Gasteiger partial charge in [0, 0.05) is 6.04 Å². The molecule has 1 saturated carbocycles. The lowest BCUT2D eigenvalue weighted by Crippen LogP contribution is -2.31. The molecule has 0 amide bonds. The molecule has 0 radical (unpaired) electrons. The zero-order valence-electron chi connectivity index (χ0n) is 10.4. The van der Waals surface area contributed by atoms with E-state index in [1.54, 1.807) is 0 Å². The lowest BCUT2D eigenvalue weighted by molar-refractivity contribution is 0.0697. The van der Waals surface area contributed by atoms with E-state index < -0.39 is 11.8 Å². The summed E-state index contributed by atoms with van der Waals surface area (Å²) in [5.74, 6) is -1.15. The van der Waals surface area contributed by atoms with Gasteiger partial charge in [-0.25, -0.2) is 9.18 Å². The van der Waals surface area contributed by atoms with Crippen molar-refractivity contribution in [2.45, 2.75) is 38.6 Å². The Morgan fingerprint density at radius 1 is 1.39 bits per heavy atom. The van der Waals surface area contributed by atoms with E-state index in [2.05, 4.69) is 12.2 Å². The number of aromatic carboxylic acids is 1. The van der Waals surface area contributed by atoms with Gasteiger partial charge in [-0.15, -0.1) is 0 Å². The van der Waals surface area contributed by atoms with Gasteiger partial charge in [0.1, 0.15) is 5.82 Å². The molecule has 1 aromatic rings. The third-order valence-corrected chi connectivity index (χ3v) is 3.69. The molecular weight excluding hydrogens is 233 g/mol. The first-order chi connectivity index (χ1) is 8.59. The standard InChI is InChI=1S/C14H18FNO2/c1-9-5-2-3-8-12(9)16-13-10(14(17)18)6-4-7-11(13)15/h4,6-7,9,12,16H,2-3,5,8H2,1H3,(H,17,18). The molecule has 2 rings (SSSR count). The summed E-state index contributed by atoms with van der Waals surface area (Å²) in [5.41, 5.74) is 0.136. The highest BCUT2D eigenvalue weighted by Crippen LogP contribution is 2.29. The Hall–Kier alpha value is -1.58. The van der Waals surface area contributed by atoms with Crippen LogP contribution in [-0.2, 0) is 0 Å². The fourth-order valence-corrected chi connectivity index (χ4v) is 2.57. The molecule has 0 saturated heterocycles. The highest BCUT2D eigenvalue weighted by Gasteiger charge is 2.24. The Labute approximate surface area is 106 Å². The van der Waals surface area contributed by atoms with Gasteiger partial charge in [0.2, 0.25) is 0 Å². The van der Waals surface area contributed by atoms with E-state index in [4.69, 9.17) is 5.11 Å². The predicted molar refractivity (Wildman–Crippen MR) is 68.4 cm³/mol. The average molecular weight is 251 g/mol. The minimum absolute atomic E-state index is 0.00720. The van der Waals surface area contributed by atoms with Gasteiger partial charge in [0.05, 0.1) is 11.3 Å². The van der Waals surface area contributed by atoms with Gasteiger partial charge in [-0.05, 0) is 30.9 Å². The second-order valence-corrected chi connectivity index (χ2v) is 4.98. The first-order valence-electron chi connectivity index (χ1n) is 6.38. The first-order valence-corrected chi connectivity index (χ1v) is 6.38. The highest BCUT2D eigenvalue weighted by molar-refractivity contribution is 5.94. The zero-order chi connectivity index (χ0) is 13.1. The fraction of sp³-hybridized carbons (Fsp3) is 0.500. The molecule has 0 aromatic heterocycles. The number of rotatable bonds is 3. The Morgan fingerprint density at radius 2 is 2.11 bits per heavy atom. The smallest absolute Gasteiger partial charge is 0.337 e. The van der Waals surface area contributed by atoms with Crippen molar-refractivity contribution in [3.63, 3.8) is 0 Å². The Balaban J connectivity index is 2.24.